The van der Waals surface area contributed by atoms with E-state index in [1.165, 1.54) is 15.7 Å². The molecule has 28 heavy (non-hydrogen) atoms. The highest BCUT2D eigenvalue weighted by molar-refractivity contribution is 6.02. The van der Waals surface area contributed by atoms with E-state index in [0.29, 0.717) is 5.69 Å². The fourth-order valence-electron chi connectivity index (χ4n) is 2.69. The molecule has 1 N–H and O–H groups in total. The molecule has 0 fully saturated rings. The average molecular weight is 384 g/mol. The van der Waals surface area contributed by atoms with Crippen LogP contribution in [0.2, 0.25) is 0 Å². The van der Waals surface area contributed by atoms with Crippen LogP contribution in [0.1, 0.15) is 24.3 Å². The third-order valence-electron chi connectivity index (χ3n) is 4.10. The van der Waals surface area contributed by atoms with E-state index in [9.17, 15) is 14.9 Å². The minimum Gasteiger partial charge on any atom is -0.390 e. The van der Waals surface area contributed by atoms with Crippen LogP contribution in [-0.2, 0) is 6.67 Å². The van der Waals surface area contributed by atoms with Gasteiger partial charge in [0.15, 0.2) is 12.4 Å². The number of rotatable bonds is 8. The molecule has 3 aromatic rings. The van der Waals surface area contributed by atoms with Crippen LogP contribution in [0, 0.1) is 10.1 Å². The van der Waals surface area contributed by atoms with Crippen molar-refractivity contribution < 1.29 is 9.72 Å². The van der Waals surface area contributed by atoms with E-state index in [1.54, 1.807) is 12.3 Å². The first-order chi connectivity index (χ1) is 13.5. The van der Waals surface area contributed by atoms with Crippen molar-refractivity contribution in [2.45, 2.75) is 20.5 Å². The van der Waals surface area contributed by atoms with Gasteiger partial charge in [0, 0.05) is 35.8 Å². The maximum Gasteiger partial charge on any atom is 0.491 e. The standard InChI is InChI=1S/C17H20N8O3/c1-3-22(4-2)14-7-5-13(6-8-14)19-16(26)15-9-10-23(20-15)12-24-11-18-17(21-24)25(27)28/h5-11H,3-4,12H2,1-2H3,(H,19,26). The summed E-state index contributed by atoms with van der Waals surface area (Å²) in [7, 11) is 0. The summed E-state index contributed by atoms with van der Waals surface area (Å²) in [6, 6.07) is 9.16. The third-order valence-corrected chi connectivity index (χ3v) is 4.10. The van der Waals surface area contributed by atoms with E-state index in [2.05, 4.69) is 39.2 Å². The number of nitrogens with zero attached hydrogens (tertiary/aromatic N) is 7. The predicted molar refractivity (Wildman–Crippen MR) is 102 cm³/mol. The zero-order valence-corrected chi connectivity index (χ0v) is 15.5. The maximum atomic E-state index is 12.4. The van der Waals surface area contributed by atoms with E-state index >= 15 is 0 Å². The van der Waals surface area contributed by atoms with Gasteiger partial charge in [-0.1, -0.05) is 4.98 Å². The molecule has 0 aliphatic rings. The Hall–Kier alpha value is -3.76. The SMILES string of the molecule is CCN(CC)c1ccc(NC(=O)c2ccn(Cn3cnc([N+](=O)[O-])n3)n2)cc1. The topological polar surface area (TPSA) is 124 Å². The molecule has 2 heterocycles. The molecule has 11 heteroatoms. The first-order valence-corrected chi connectivity index (χ1v) is 8.73. The second-order valence-electron chi connectivity index (χ2n) is 5.90. The fraction of sp³-hybridized carbons (Fsp3) is 0.294. The van der Waals surface area contributed by atoms with Crippen molar-refractivity contribution in [3.8, 4) is 0 Å². The summed E-state index contributed by atoms with van der Waals surface area (Å²) in [4.78, 5) is 28.1. The lowest BCUT2D eigenvalue weighted by atomic mass is 10.2. The van der Waals surface area contributed by atoms with Gasteiger partial charge in [-0.25, -0.2) is 4.68 Å². The Labute approximate surface area is 160 Å². The normalized spacial score (nSPS) is 10.6. The first-order valence-electron chi connectivity index (χ1n) is 8.73. The summed E-state index contributed by atoms with van der Waals surface area (Å²) in [5.74, 6) is -0.836. The van der Waals surface area contributed by atoms with Gasteiger partial charge in [0.1, 0.15) is 0 Å². The highest BCUT2D eigenvalue weighted by Gasteiger charge is 2.15. The van der Waals surface area contributed by atoms with Gasteiger partial charge in [0.25, 0.3) is 5.91 Å². The van der Waals surface area contributed by atoms with Gasteiger partial charge < -0.3 is 20.3 Å². The Bertz CT molecular complexity index is 959. The van der Waals surface area contributed by atoms with Crippen molar-refractivity contribution in [3.63, 3.8) is 0 Å². The number of anilines is 2. The maximum absolute atomic E-state index is 12.4. The molecule has 0 atom stereocenters. The summed E-state index contributed by atoms with van der Waals surface area (Å²) < 4.78 is 2.70. The van der Waals surface area contributed by atoms with Gasteiger partial charge in [-0.3, -0.25) is 4.79 Å². The van der Waals surface area contributed by atoms with Crippen LogP contribution in [0.3, 0.4) is 0 Å². The third kappa shape index (κ3) is 4.31. The quantitative estimate of drug-likeness (QED) is 0.465. The van der Waals surface area contributed by atoms with Crippen LogP contribution < -0.4 is 10.2 Å². The summed E-state index contributed by atoms with van der Waals surface area (Å²) >= 11 is 0. The number of hydrogen-bond donors (Lipinski definition) is 1. The smallest absolute Gasteiger partial charge is 0.390 e. The second kappa shape index (κ2) is 8.29. The van der Waals surface area contributed by atoms with Crippen molar-refractivity contribution in [2.24, 2.45) is 0 Å². The van der Waals surface area contributed by atoms with Gasteiger partial charge >= 0.3 is 5.95 Å². The zero-order valence-electron chi connectivity index (χ0n) is 15.5. The minimum atomic E-state index is -0.677. The number of hydrogen-bond acceptors (Lipinski definition) is 7. The van der Waals surface area contributed by atoms with E-state index in [4.69, 9.17) is 0 Å². The van der Waals surface area contributed by atoms with Crippen molar-refractivity contribution in [2.75, 3.05) is 23.3 Å². The number of benzene rings is 1. The van der Waals surface area contributed by atoms with Crippen LogP contribution in [0.5, 0.6) is 0 Å². The molecular weight excluding hydrogens is 364 g/mol. The monoisotopic (exact) mass is 384 g/mol. The molecule has 1 amide bonds. The molecule has 1 aromatic carbocycles. The van der Waals surface area contributed by atoms with Gasteiger partial charge in [-0.15, -0.1) is 0 Å². The first kappa shape index (κ1) is 19.0. The minimum absolute atomic E-state index is 0.104. The van der Waals surface area contributed by atoms with Crippen molar-refractivity contribution in [3.05, 3.63) is 58.7 Å². The lowest BCUT2D eigenvalue weighted by molar-refractivity contribution is -0.394. The van der Waals surface area contributed by atoms with E-state index in [-0.39, 0.29) is 18.3 Å². The van der Waals surface area contributed by atoms with E-state index in [1.807, 2.05) is 24.3 Å². The highest BCUT2D eigenvalue weighted by atomic mass is 16.6. The summed E-state index contributed by atoms with van der Waals surface area (Å²) in [5, 5.41) is 21.3. The Morgan fingerprint density at radius 1 is 1.14 bits per heavy atom. The lowest BCUT2D eigenvalue weighted by Gasteiger charge is -2.21. The van der Waals surface area contributed by atoms with Crippen LogP contribution in [0.4, 0.5) is 17.3 Å². The zero-order chi connectivity index (χ0) is 20.1. The molecule has 0 aliphatic carbocycles. The molecule has 3 rings (SSSR count). The summed E-state index contributed by atoms with van der Waals surface area (Å²) in [6.07, 6.45) is 2.82. The predicted octanol–water partition coefficient (Wildman–Crippen LogP) is 1.99. The number of carbonyl (C=O) groups excluding carboxylic acids is 1. The molecule has 0 saturated carbocycles. The summed E-state index contributed by atoms with van der Waals surface area (Å²) in [6.45, 7) is 6.11. The Kier molecular flexibility index (Phi) is 5.63. The van der Waals surface area contributed by atoms with Crippen LogP contribution in [-0.4, -0.2) is 48.5 Å². The molecule has 0 spiro atoms. The number of carbonyl (C=O) groups is 1. The van der Waals surface area contributed by atoms with Crippen LogP contribution >= 0.6 is 0 Å². The molecule has 0 bridgehead atoms. The summed E-state index contributed by atoms with van der Waals surface area (Å²) in [5.41, 5.74) is 1.99. The molecule has 11 nitrogen and oxygen atoms in total. The Morgan fingerprint density at radius 3 is 2.46 bits per heavy atom. The molecule has 0 saturated heterocycles. The molecule has 2 aromatic heterocycles. The van der Waals surface area contributed by atoms with Gasteiger partial charge in [-0.2, -0.15) is 9.78 Å². The molecule has 0 unspecified atom stereocenters. The van der Waals surface area contributed by atoms with Crippen molar-refractivity contribution >= 4 is 23.2 Å². The van der Waals surface area contributed by atoms with Crippen LogP contribution in [0.25, 0.3) is 0 Å². The fourth-order valence-corrected chi connectivity index (χ4v) is 2.69. The van der Waals surface area contributed by atoms with Crippen molar-refractivity contribution in [1.29, 1.82) is 0 Å². The van der Waals surface area contributed by atoms with Crippen molar-refractivity contribution in [1.82, 2.24) is 24.5 Å². The largest absolute Gasteiger partial charge is 0.491 e. The van der Waals surface area contributed by atoms with Gasteiger partial charge in [0.2, 0.25) is 6.33 Å². The lowest BCUT2D eigenvalue weighted by Crippen LogP contribution is -2.21. The van der Waals surface area contributed by atoms with Gasteiger partial charge in [-0.05, 0) is 49.1 Å². The van der Waals surface area contributed by atoms with E-state index < -0.39 is 10.9 Å². The Balaban J connectivity index is 1.62. The Morgan fingerprint density at radius 2 is 1.86 bits per heavy atom. The number of nitrogens with one attached hydrogen (secondary N) is 1. The average Bonchev–Trinajstić information content (AvgIpc) is 3.34. The highest BCUT2D eigenvalue weighted by Crippen LogP contribution is 2.18. The molecular formula is C17H20N8O3. The van der Waals surface area contributed by atoms with Gasteiger partial charge in [0.05, 0.1) is 0 Å². The molecule has 0 radical (unpaired) electrons. The second-order valence-corrected chi connectivity index (χ2v) is 5.90. The molecule has 0 aliphatic heterocycles. The number of aromatic nitrogens is 5. The molecule has 146 valence electrons. The number of amides is 1. The van der Waals surface area contributed by atoms with E-state index in [0.717, 1.165) is 18.8 Å². The van der Waals surface area contributed by atoms with Crippen LogP contribution in [0.15, 0.2) is 42.9 Å². The number of nitro groups is 1.